The van der Waals surface area contributed by atoms with Crippen LogP contribution in [0.3, 0.4) is 0 Å². The first-order valence-corrected chi connectivity index (χ1v) is 10.1. The van der Waals surface area contributed by atoms with Crippen LogP contribution in [-0.2, 0) is 9.59 Å². The Kier molecular flexibility index (Phi) is 4.15. The number of Topliss-reactive ketones (excluding diaryl/α,β-unsaturated/α-hetero) is 1. The van der Waals surface area contributed by atoms with Crippen molar-refractivity contribution >= 4 is 11.6 Å². The van der Waals surface area contributed by atoms with E-state index in [1.807, 2.05) is 0 Å². The monoisotopic (exact) mass is 392 g/mol. The molecule has 5 nitrogen and oxygen atoms in total. The third-order valence-electron chi connectivity index (χ3n) is 8.79. The molecule has 28 heavy (non-hydrogen) atoms. The lowest BCUT2D eigenvalue weighted by molar-refractivity contribution is -0.219. The maximum atomic E-state index is 16.9. The van der Waals surface area contributed by atoms with E-state index in [4.69, 9.17) is 0 Å². The molecule has 3 saturated carbocycles. The molecule has 6 heteroatoms. The van der Waals surface area contributed by atoms with E-state index in [1.165, 1.54) is 12.2 Å². The van der Waals surface area contributed by atoms with Crippen molar-refractivity contribution in [3.8, 4) is 0 Å². The van der Waals surface area contributed by atoms with Crippen LogP contribution in [0.15, 0.2) is 23.8 Å². The maximum Gasteiger partial charge on any atom is 0.190 e. The molecular weight excluding hydrogens is 363 g/mol. The topological polar surface area (TPSA) is 94.8 Å². The Morgan fingerprint density at radius 3 is 2.64 bits per heavy atom. The molecule has 0 amide bonds. The van der Waals surface area contributed by atoms with Gasteiger partial charge in [0.25, 0.3) is 0 Å². The van der Waals surface area contributed by atoms with Crippen LogP contribution in [0.1, 0.15) is 46.5 Å². The van der Waals surface area contributed by atoms with E-state index in [1.54, 1.807) is 26.8 Å². The molecule has 0 spiro atoms. The Labute approximate surface area is 164 Å². The summed E-state index contributed by atoms with van der Waals surface area (Å²) < 4.78 is 16.9. The standard InChI is InChI=1S/C22H29FO5/c1-12-8-16-15-5-4-13-9-14(25)6-7-19(13,2)21(15,23)17(26)10-20(16,3)22(12,28)18(27)11-24/h6-7,9,12,15-17,24,26,28H,4-5,8,10-11H2,1-3H3/t12-,15?,16?,17+,19+,20+,21+,22-/m1/s1. The van der Waals surface area contributed by atoms with Crippen LogP contribution in [0.2, 0.25) is 0 Å². The highest BCUT2D eigenvalue weighted by molar-refractivity contribution is 6.01. The zero-order chi connectivity index (χ0) is 20.7. The van der Waals surface area contributed by atoms with Gasteiger partial charge < -0.3 is 15.3 Å². The molecule has 4 aliphatic carbocycles. The van der Waals surface area contributed by atoms with Crippen molar-refractivity contribution in [2.75, 3.05) is 6.61 Å². The predicted molar refractivity (Wildman–Crippen MR) is 99.9 cm³/mol. The van der Waals surface area contributed by atoms with Gasteiger partial charge in [0.1, 0.15) is 12.2 Å². The van der Waals surface area contributed by atoms with Crippen molar-refractivity contribution in [3.63, 3.8) is 0 Å². The molecule has 154 valence electrons. The van der Waals surface area contributed by atoms with Crippen molar-refractivity contribution < 1.29 is 29.3 Å². The van der Waals surface area contributed by atoms with E-state index in [0.717, 1.165) is 0 Å². The largest absolute Gasteiger partial charge is 0.390 e. The Hall–Kier alpha value is -1.37. The van der Waals surface area contributed by atoms with Gasteiger partial charge in [-0.1, -0.05) is 25.5 Å². The molecule has 0 bridgehead atoms. The summed E-state index contributed by atoms with van der Waals surface area (Å²) in [6.45, 7) is 4.48. The zero-order valence-corrected chi connectivity index (χ0v) is 16.6. The number of aliphatic hydroxyl groups excluding tert-OH is 2. The lowest BCUT2D eigenvalue weighted by atomic mass is 9.44. The third-order valence-corrected chi connectivity index (χ3v) is 8.79. The van der Waals surface area contributed by atoms with Gasteiger partial charge >= 0.3 is 0 Å². The number of carbonyl (C=O) groups excluding carboxylic acids is 2. The first kappa shape index (κ1) is 19.9. The molecular formula is C22H29FO5. The minimum Gasteiger partial charge on any atom is -0.390 e. The molecule has 0 aliphatic heterocycles. The normalized spacial score (nSPS) is 52.5. The summed E-state index contributed by atoms with van der Waals surface area (Å²) in [6, 6.07) is 0. The highest BCUT2D eigenvalue weighted by atomic mass is 19.1. The molecule has 0 aromatic heterocycles. The van der Waals surface area contributed by atoms with Crippen molar-refractivity contribution in [3.05, 3.63) is 23.8 Å². The highest BCUT2D eigenvalue weighted by Gasteiger charge is 2.75. The van der Waals surface area contributed by atoms with Crippen molar-refractivity contribution in [1.29, 1.82) is 0 Å². The van der Waals surface area contributed by atoms with E-state index in [2.05, 4.69) is 0 Å². The number of rotatable bonds is 2. The summed E-state index contributed by atoms with van der Waals surface area (Å²) in [4.78, 5) is 24.4. The van der Waals surface area contributed by atoms with Crippen LogP contribution in [0.25, 0.3) is 0 Å². The third kappa shape index (κ3) is 2.01. The number of halogens is 1. The number of aliphatic hydroxyl groups is 3. The Morgan fingerprint density at radius 1 is 1.32 bits per heavy atom. The van der Waals surface area contributed by atoms with E-state index >= 15 is 4.39 Å². The van der Waals surface area contributed by atoms with E-state index in [-0.39, 0.29) is 18.1 Å². The van der Waals surface area contributed by atoms with Gasteiger partial charge in [0.2, 0.25) is 0 Å². The summed E-state index contributed by atoms with van der Waals surface area (Å²) in [5, 5.41) is 32.0. The molecule has 2 unspecified atom stereocenters. The molecule has 3 N–H and O–H groups in total. The van der Waals surface area contributed by atoms with E-state index in [0.29, 0.717) is 24.8 Å². The first-order valence-electron chi connectivity index (χ1n) is 10.1. The van der Waals surface area contributed by atoms with Crippen molar-refractivity contribution in [2.45, 2.75) is 63.8 Å². The van der Waals surface area contributed by atoms with Gasteiger partial charge in [0.15, 0.2) is 17.2 Å². The molecule has 4 aliphatic rings. The summed E-state index contributed by atoms with van der Waals surface area (Å²) in [5.74, 6) is -2.12. The lowest BCUT2D eigenvalue weighted by Gasteiger charge is -2.62. The van der Waals surface area contributed by atoms with Crippen LogP contribution in [0.5, 0.6) is 0 Å². The number of hydrogen-bond acceptors (Lipinski definition) is 5. The van der Waals surface area contributed by atoms with Gasteiger partial charge in [0.05, 0.1) is 6.10 Å². The van der Waals surface area contributed by atoms with E-state index < -0.39 is 52.4 Å². The van der Waals surface area contributed by atoms with Gasteiger partial charge in [-0.15, -0.1) is 0 Å². The molecule has 3 fully saturated rings. The molecule has 4 rings (SSSR count). The fourth-order valence-electron chi connectivity index (χ4n) is 7.26. The molecule has 0 saturated heterocycles. The Balaban J connectivity index is 1.84. The van der Waals surface area contributed by atoms with Gasteiger partial charge in [-0.25, -0.2) is 4.39 Å². The number of carbonyl (C=O) groups is 2. The first-order chi connectivity index (χ1) is 13.0. The fraction of sp³-hybridized carbons (Fsp3) is 0.727. The van der Waals surface area contributed by atoms with Crippen LogP contribution in [-0.4, -0.2) is 50.9 Å². The Morgan fingerprint density at radius 2 is 2.00 bits per heavy atom. The molecule has 0 radical (unpaired) electrons. The second-order valence-corrected chi connectivity index (χ2v) is 9.75. The molecule has 8 atom stereocenters. The van der Waals surface area contributed by atoms with Gasteiger partial charge in [-0.3, -0.25) is 9.59 Å². The second-order valence-electron chi connectivity index (χ2n) is 9.75. The number of fused-ring (bicyclic) bond motifs is 5. The van der Waals surface area contributed by atoms with Crippen LogP contribution < -0.4 is 0 Å². The fourth-order valence-corrected chi connectivity index (χ4v) is 7.26. The number of alkyl halides is 1. The molecule has 0 heterocycles. The van der Waals surface area contributed by atoms with Gasteiger partial charge in [0, 0.05) is 16.7 Å². The quantitative estimate of drug-likeness (QED) is 0.667. The van der Waals surface area contributed by atoms with Crippen LogP contribution in [0, 0.1) is 28.6 Å². The number of ketones is 2. The highest BCUT2D eigenvalue weighted by Crippen LogP contribution is 2.70. The van der Waals surface area contributed by atoms with Crippen molar-refractivity contribution in [2.24, 2.45) is 28.6 Å². The number of allylic oxidation sites excluding steroid dienone is 4. The molecule has 0 aromatic carbocycles. The Bertz CT molecular complexity index is 805. The minimum absolute atomic E-state index is 0.0676. The van der Waals surface area contributed by atoms with E-state index in [9.17, 15) is 24.9 Å². The maximum absolute atomic E-state index is 16.9. The van der Waals surface area contributed by atoms with Crippen LogP contribution in [0.4, 0.5) is 4.39 Å². The SMILES string of the molecule is C[C@@H]1CC2C3CCC4=CC(=O)C=C[C@]4(C)[C@@]3(F)[C@@H](O)C[C@]2(C)[C@]1(O)C(=O)CO. The molecule has 0 aromatic rings. The van der Waals surface area contributed by atoms with Crippen LogP contribution >= 0.6 is 0 Å². The smallest absolute Gasteiger partial charge is 0.190 e. The average Bonchev–Trinajstić information content (AvgIpc) is 2.84. The second kappa shape index (κ2) is 5.83. The van der Waals surface area contributed by atoms with Gasteiger partial charge in [-0.05, 0) is 56.6 Å². The van der Waals surface area contributed by atoms with Crippen molar-refractivity contribution in [1.82, 2.24) is 0 Å². The summed E-state index contributed by atoms with van der Waals surface area (Å²) in [6.07, 6.45) is 4.44. The zero-order valence-electron chi connectivity index (χ0n) is 16.6. The summed E-state index contributed by atoms with van der Waals surface area (Å²) in [7, 11) is 0. The number of hydrogen-bond donors (Lipinski definition) is 3. The summed E-state index contributed by atoms with van der Waals surface area (Å²) >= 11 is 0. The average molecular weight is 392 g/mol. The predicted octanol–water partition coefficient (Wildman–Crippen LogP) is 1.90. The summed E-state index contributed by atoms with van der Waals surface area (Å²) in [5.41, 5.74) is -5.17. The van der Waals surface area contributed by atoms with Gasteiger partial charge in [-0.2, -0.15) is 0 Å². The lowest BCUT2D eigenvalue weighted by Crippen LogP contribution is -2.69. The minimum atomic E-state index is -1.98.